The molecule has 2 aliphatic rings. The molecule has 0 aliphatic heterocycles. The third-order valence-electron chi connectivity index (χ3n) is 8.61. The molecule has 2 aliphatic carbocycles. The van der Waals surface area contributed by atoms with Crippen molar-refractivity contribution in [2.75, 3.05) is 0 Å². The van der Waals surface area contributed by atoms with Crippen LogP contribution in [0.3, 0.4) is 0 Å². The maximum atomic E-state index is 11.8. The average molecular weight is 492 g/mol. The van der Waals surface area contributed by atoms with Crippen molar-refractivity contribution in [2.45, 2.75) is 55.8 Å². The van der Waals surface area contributed by atoms with E-state index in [1.807, 2.05) is 48.5 Å². The Morgan fingerprint density at radius 3 is 2.32 bits per heavy atom. The van der Waals surface area contributed by atoms with E-state index in [0.717, 1.165) is 36.1 Å². The normalized spacial score (nSPS) is 26.6. The van der Waals surface area contributed by atoms with E-state index in [0.29, 0.717) is 19.4 Å². The van der Waals surface area contributed by atoms with Gasteiger partial charge in [-0.2, -0.15) is 0 Å². The van der Waals surface area contributed by atoms with Crippen LogP contribution in [0.4, 0.5) is 0 Å². The minimum Gasteiger partial charge on any atom is -0.489 e. The number of aromatic nitrogens is 1. The first kappa shape index (κ1) is 23.9. The van der Waals surface area contributed by atoms with Crippen LogP contribution in [-0.4, -0.2) is 21.3 Å². The second-order valence-electron chi connectivity index (χ2n) is 10.7. The van der Waals surface area contributed by atoms with Gasteiger partial charge in [-0.3, -0.25) is 4.98 Å². The molecule has 37 heavy (non-hydrogen) atoms. The number of ether oxygens (including phenoxy) is 1. The fourth-order valence-corrected chi connectivity index (χ4v) is 6.73. The Kier molecular flexibility index (Phi) is 6.31. The highest BCUT2D eigenvalue weighted by atomic mass is 16.5. The lowest BCUT2D eigenvalue weighted by Gasteiger charge is -2.55. The summed E-state index contributed by atoms with van der Waals surface area (Å²) in [6.07, 6.45) is 6.51. The average Bonchev–Trinajstić information content (AvgIpc) is 2.94. The molecule has 0 spiro atoms. The standard InChI is InChI=1S/C33H33NO3/c35-31-22-32(20-24-7-3-1-4-8-24)28(21-33(31,36)27-9-5-2-6-10-27)12-11-26-19-29(13-14-30(26)32)37-23-25-15-17-34-18-16-25/h1-10,13-19,28,31,35-36H,11-12,20-23H2/t28-,31+,32-,33-/m1/s1. The molecule has 1 fully saturated rings. The molecule has 3 aromatic carbocycles. The fourth-order valence-electron chi connectivity index (χ4n) is 6.73. The maximum absolute atomic E-state index is 11.8. The van der Waals surface area contributed by atoms with E-state index in [1.54, 1.807) is 12.4 Å². The minimum absolute atomic E-state index is 0.248. The van der Waals surface area contributed by atoms with Gasteiger partial charge in [0.05, 0.1) is 6.10 Å². The summed E-state index contributed by atoms with van der Waals surface area (Å²) < 4.78 is 6.14. The Morgan fingerprint density at radius 1 is 0.838 bits per heavy atom. The van der Waals surface area contributed by atoms with Gasteiger partial charge in [0.2, 0.25) is 0 Å². The molecule has 0 radical (unpaired) electrons. The van der Waals surface area contributed by atoms with Crippen molar-refractivity contribution in [3.05, 3.63) is 131 Å². The minimum atomic E-state index is -1.24. The zero-order valence-electron chi connectivity index (χ0n) is 21.0. The van der Waals surface area contributed by atoms with Crippen molar-refractivity contribution in [2.24, 2.45) is 5.92 Å². The fraction of sp³-hybridized carbons (Fsp3) is 0.303. The van der Waals surface area contributed by atoms with E-state index < -0.39 is 11.7 Å². The largest absolute Gasteiger partial charge is 0.489 e. The number of hydrogen-bond acceptors (Lipinski definition) is 4. The summed E-state index contributed by atoms with van der Waals surface area (Å²) in [4.78, 5) is 4.08. The predicted molar refractivity (Wildman–Crippen MR) is 144 cm³/mol. The Labute approximate surface area is 218 Å². The van der Waals surface area contributed by atoms with Crippen molar-refractivity contribution in [1.29, 1.82) is 0 Å². The molecule has 1 heterocycles. The highest BCUT2D eigenvalue weighted by Gasteiger charge is 2.56. The summed E-state index contributed by atoms with van der Waals surface area (Å²) in [6, 6.07) is 30.7. The highest BCUT2D eigenvalue weighted by molar-refractivity contribution is 5.46. The van der Waals surface area contributed by atoms with Crippen LogP contribution < -0.4 is 4.74 Å². The lowest BCUT2D eigenvalue weighted by atomic mass is 9.51. The first-order chi connectivity index (χ1) is 18.1. The summed E-state index contributed by atoms with van der Waals surface area (Å²) >= 11 is 0. The van der Waals surface area contributed by atoms with Crippen molar-refractivity contribution in [1.82, 2.24) is 4.98 Å². The van der Waals surface area contributed by atoms with Crippen LogP contribution in [0.2, 0.25) is 0 Å². The molecule has 2 N–H and O–H groups in total. The number of aryl methyl sites for hydroxylation is 1. The van der Waals surface area contributed by atoms with E-state index in [4.69, 9.17) is 4.74 Å². The van der Waals surface area contributed by atoms with Gasteiger partial charge in [0.15, 0.2) is 0 Å². The first-order valence-corrected chi connectivity index (χ1v) is 13.2. The molecule has 4 aromatic rings. The monoisotopic (exact) mass is 491 g/mol. The molecule has 0 amide bonds. The zero-order valence-corrected chi connectivity index (χ0v) is 21.0. The number of pyridine rings is 1. The molecule has 0 saturated heterocycles. The van der Waals surface area contributed by atoms with Gasteiger partial charge in [-0.1, -0.05) is 66.7 Å². The molecule has 0 unspecified atom stereocenters. The van der Waals surface area contributed by atoms with Gasteiger partial charge in [0.25, 0.3) is 0 Å². The Balaban J connectivity index is 1.36. The predicted octanol–water partition coefficient (Wildman–Crippen LogP) is 5.75. The lowest BCUT2D eigenvalue weighted by molar-refractivity contribution is -0.145. The molecular formula is C33H33NO3. The van der Waals surface area contributed by atoms with Crippen LogP contribution in [0.15, 0.2) is 103 Å². The number of benzene rings is 3. The summed E-state index contributed by atoms with van der Waals surface area (Å²) in [5.74, 6) is 1.11. The SMILES string of the molecule is O[C@H]1C[C@@]2(Cc3ccccc3)c3ccc(OCc4ccncc4)cc3CC[C@@H]2C[C@@]1(O)c1ccccc1. The number of rotatable bonds is 6. The van der Waals surface area contributed by atoms with Crippen molar-refractivity contribution < 1.29 is 14.9 Å². The number of aliphatic hydroxyl groups excluding tert-OH is 1. The molecule has 188 valence electrons. The van der Waals surface area contributed by atoms with Crippen LogP contribution in [0.5, 0.6) is 5.75 Å². The number of hydrogen-bond donors (Lipinski definition) is 2. The van der Waals surface area contributed by atoms with Crippen molar-refractivity contribution in [3.8, 4) is 5.75 Å². The van der Waals surface area contributed by atoms with E-state index in [9.17, 15) is 10.2 Å². The quantitative estimate of drug-likeness (QED) is 0.361. The van der Waals surface area contributed by atoms with E-state index in [1.165, 1.54) is 16.7 Å². The number of aliphatic hydroxyl groups is 2. The number of nitrogens with zero attached hydrogens (tertiary/aromatic N) is 1. The summed E-state index contributed by atoms with van der Waals surface area (Å²) in [5.41, 5.74) is 4.24. The van der Waals surface area contributed by atoms with Gasteiger partial charge in [0, 0.05) is 17.8 Å². The lowest BCUT2D eigenvalue weighted by Crippen LogP contribution is -2.57. The highest BCUT2D eigenvalue weighted by Crippen LogP contribution is 2.56. The van der Waals surface area contributed by atoms with E-state index >= 15 is 0 Å². The molecule has 4 nitrogen and oxygen atoms in total. The smallest absolute Gasteiger partial charge is 0.120 e. The van der Waals surface area contributed by atoms with E-state index in [2.05, 4.69) is 47.4 Å². The van der Waals surface area contributed by atoms with Gasteiger partial charge in [-0.15, -0.1) is 0 Å². The van der Waals surface area contributed by atoms with Crippen LogP contribution >= 0.6 is 0 Å². The molecule has 6 rings (SSSR count). The maximum Gasteiger partial charge on any atom is 0.120 e. The van der Waals surface area contributed by atoms with Gasteiger partial charge >= 0.3 is 0 Å². The molecule has 0 bridgehead atoms. The van der Waals surface area contributed by atoms with Crippen LogP contribution in [0, 0.1) is 5.92 Å². The summed E-state index contributed by atoms with van der Waals surface area (Å²) in [5, 5.41) is 23.4. The van der Waals surface area contributed by atoms with Crippen LogP contribution in [-0.2, 0) is 30.5 Å². The number of fused-ring (bicyclic) bond motifs is 3. The molecule has 4 heteroatoms. The van der Waals surface area contributed by atoms with Gasteiger partial charge in [-0.05, 0) is 90.1 Å². The Morgan fingerprint density at radius 2 is 1.57 bits per heavy atom. The third kappa shape index (κ3) is 4.45. The summed E-state index contributed by atoms with van der Waals surface area (Å²) in [7, 11) is 0. The Bertz CT molecular complexity index is 1340. The molecule has 4 atom stereocenters. The zero-order chi connectivity index (χ0) is 25.3. The first-order valence-electron chi connectivity index (χ1n) is 13.2. The van der Waals surface area contributed by atoms with Crippen LogP contribution in [0.25, 0.3) is 0 Å². The topological polar surface area (TPSA) is 62.6 Å². The molecular weight excluding hydrogens is 458 g/mol. The van der Waals surface area contributed by atoms with Crippen molar-refractivity contribution in [3.63, 3.8) is 0 Å². The molecule has 1 saturated carbocycles. The summed E-state index contributed by atoms with van der Waals surface area (Å²) in [6.45, 7) is 0.502. The molecule has 1 aromatic heterocycles. The van der Waals surface area contributed by atoms with Gasteiger partial charge < -0.3 is 14.9 Å². The van der Waals surface area contributed by atoms with E-state index in [-0.39, 0.29) is 11.3 Å². The second-order valence-corrected chi connectivity index (χ2v) is 10.7. The van der Waals surface area contributed by atoms with Gasteiger partial charge in [-0.25, -0.2) is 0 Å². The second kappa shape index (κ2) is 9.77. The van der Waals surface area contributed by atoms with Crippen LogP contribution in [0.1, 0.15) is 47.1 Å². The third-order valence-corrected chi connectivity index (χ3v) is 8.61. The van der Waals surface area contributed by atoms with Gasteiger partial charge in [0.1, 0.15) is 18.0 Å². The van der Waals surface area contributed by atoms with Crippen molar-refractivity contribution >= 4 is 0 Å². The Hall–Kier alpha value is -3.47.